The minimum absolute atomic E-state index is 0.140. The van der Waals surface area contributed by atoms with Crippen molar-refractivity contribution >= 4 is 11.9 Å². The second-order valence-corrected chi connectivity index (χ2v) is 9.82. The normalized spacial score (nSPS) is 11.2. The van der Waals surface area contributed by atoms with Gasteiger partial charge >= 0.3 is 11.9 Å². The first-order valence-corrected chi connectivity index (χ1v) is 15.4. The molecule has 0 unspecified atom stereocenters. The van der Waals surface area contributed by atoms with E-state index in [0.717, 1.165) is 12.8 Å². The van der Waals surface area contributed by atoms with Crippen LogP contribution in [0.1, 0.15) is 110 Å². The number of hydrogen-bond donors (Lipinski definition) is 1. The Kier molecular flexibility index (Phi) is 31.9. The quantitative estimate of drug-likeness (QED) is 0.0765. The number of carboxylic acids is 1. The number of unbranched alkanes of at least 4 members (excludes halogenated alkanes) is 14. The van der Waals surface area contributed by atoms with Crippen LogP contribution < -0.4 is 0 Å². The lowest BCUT2D eigenvalue weighted by molar-refractivity contribution is -0.145. The van der Waals surface area contributed by atoms with Crippen molar-refractivity contribution in [2.75, 3.05) is 72.7 Å². The highest BCUT2D eigenvalue weighted by Crippen LogP contribution is 2.13. The molecular formula is C30H58O9. The van der Waals surface area contributed by atoms with E-state index in [-0.39, 0.29) is 25.8 Å². The molecule has 0 heterocycles. The molecule has 0 spiro atoms. The van der Waals surface area contributed by atoms with Crippen molar-refractivity contribution in [3.05, 3.63) is 0 Å². The Hall–Kier alpha value is -1.26. The number of carboxylic acid groups (broad SMARTS) is 1. The van der Waals surface area contributed by atoms with Gasteiger partial charge in [-0.05, 0) is 6.42 Å². The van der Waals surface area contributed by atoms with E-state index in [1.807, 2.05) is 0 Å². The molecule has 1 N–H and O–H groups in total. The molecule has 9 nitrogen and oxygen atoms in total. The molecule has 0 aromatic rings. The summed E-state index contributed by atoms with van der Waals surface area (Å²) in [5.74, 6) is -1.13. The Bertz CT molecular complexity index is 517. The number of hydrogen-bond acceptors (Lipinski definition) is 8. The van der Waals surface area contributed by atoms with Crippen LogP contribution in [0.2, 0.25) is 0 Å². The maximum Gasteiger partial charge on any atom is 0.329 e. The minimum atomic E-state index is -0.993. The molecule has 0 atom stereocenters. The zero-order valence-electron chi connectivity index (χ0n) is 24.8. The van der Waals surface area contributed by atoms with Crippen LogP contribution in [0, 0.1) is 0 Å². The average Bonchev–Trinajstić information content (AvgIpc) is 2.92. The summed E-state index contributed by atoms with van der Waals surface area (Å²) in [4.78, 5) is 22.1. The zero-order chi connectivity index (χ0) is 28.5. The van der Waals surface area contributed by atoms with Gasteiger partial charge in [0.2, 0.25) is 0 Å². The highest BCUT2D eigenvalue weighted by atomic mass is 16.6. The van der Waals surface area contributed by atoms with Gasteiger partial charge in [-0.2, -0.15) is 0 Å². The molecule has 0 aliphatic carbocycles. The van der Waals surface area contributed by atoms with Gasteiger partial charge in [0.05, 0.1) is 59.5 Å². The van der Waals surface area contributed by atoms with Gasteiger partial charge in [0.25, 0.3) is 0 Å². The van der Waals surface area contributed by atoms with E-state index in [0.29, 0.717) is 59.3 Å². The molecule has 39 heavy (non-hydrogen) atoms. The monoisotopic (exact) mass is 562 g/mol. The summed E-state index contributed by atoms with van der Waals surface area (Å²) in [5, 5.41) is 8.42. The molecule has 0 bridgehead atoms. The number of carbonyl (C=O) groups is 2. The fourth-order valence-corrected chi connectivity index (χ4v) is 3.97. The topological polar surface area (TPSA) is 110 Å². The van der Waals surface area contributed by atoms with Crippen LogP contribution in [0.3, 0.4) is 0 Å². The van der Waals surface area contributed by atoms with Gasteiger partial charge in [0.1, 0.15) is 13.2 Å². The summed E-state index contributed by atoms with van der Waals surface area (Å²) in [6.07, 6.45) is 20.2. The van der Waals surface area contributed by atoms with Gasteiger partial charge in [-0.1, -0.05) is 96.8 Å². The van der Waals surface area contributed by atoms with Crippen molar-refractivity contribution in [2.45, 2.75) is 110 Å². The number of esters is 1. The maximum atomic E-state index is 11.8. The first-order chi connectivity index (χ1) is 19.2. The molecule has 232 valence electrons. The van der Waals surface area contributed by atoms with E-state index in [9.17, 15) is 9.59 Å². The van der Waals surface area contributed by atoms with E-state index < -0.39 is 5.97 Å². The predicted molar refractivity (Wildman–Crippen MR) is 152 cm³/mol. The number of ether oxygens (including phenoxy) is 6. The highest BCUT2D eigenvalue weighted by Gasteiger charge is 2.03. The Labute approximate surface area is 237 Å². The number of carbonyl (C=O) groups excluding carboxylic acids is 1. The Balaban J connectivity index is 3.15. The second kappa shape index (κ2) is 32.9. The molecule has 0 amide bonds. The lowest BCUT2D eigenvalue weighted by Gasteiger charge is -2.08. The van der Waals surface area contributed by atoms with Crippen LogP contribution in [-0.2, 0) is 38.0 Å². The van der Waals surface area contributed by atoms with Crippen LogP contribution in [0.25, 0.3) is 0 Å². The van der Waals surface area contributed by atoms with Gasteiger partial charge in [0.15, 0.2) is 0 Å². The van der Waals surface area contributed by atoms with E-state index in [1.54, 1.807) is 0 Å². The summed E-state index contributed by atoms with van der Waals surface area (Å²) >= 11 is 0. The van der Waals surface area contributed by atoms with E-state index >= 15 is 0 Å². The van der Waals surface area contributed by atoms with Crippen LogP contribution >= 0.6 is 0 Å². The number of aliphatic carboxylic acids is 1. The molecule has 0 saturated heterocycles. The molecule has 9 heteroatoms. The van der Waals surface area contributed by atoms with Crippen molar-refractivity contribution in [2.24, 2.45) is 0 Å². The SMILES string of the molecule is CCCCCCCCCCCCCCCCCC(=O)OCCOCCOCCOCCOCCOCC(=O)O. The Morgan fingerprint density at radius 2 is 0.795 bits per heavy atom. The summed E-state index contributed by atoms with van der Waals surface area (Å²) in [6, 6.07) is 0. The second-order valence-electron chi connectivity index (χ2n) is 9.82. The molecule has 0 saturated carbocycles. The fraction of sp³-hybridized carbons (Fsp3) is 0.933. The fourth-order valence-electron chi connectivity index (χ4n) is 3.97. The molecule has 0 fully saturated rings. The lowest BCUT2D eigenvalue weighted by Crippen LogP contribution is -2.15. The van der Waals surface area contributed by atoms with Crippen LogP contribution in [-0.4, -0.2) is 89.7 Å². The third-order valence-corrected chi connectivity index (χ3v) is 6.19. The van der Waals surface area contributed by atoms with Gasteiger partial charge in [-0.3, -0.25) is 4.79 Å². The molecule has 0 aliphatic heterocycles. The van der Waals surface area contributed by atoms with Gasteiger partial charge < -0.3 is 33.5 Å². The smallest absolute Gasteiger partial charge is 0.329 e. The molecule has 0 aliphatic rings. The largest absolute Gasteiger partial charge is 0.480 e. The third kappa shape index (κ3) is 34.7. The average molecular weight is 563 g/mol. The molecule has 0 rings (SSSR count). The first kappa shape index (κ1) is 37.7. The molecule has 0 aromatic carbocycles. The van der Waals surface area contributed by atoms with E-state index in [2.05, 4.69) is 6.92 Å². The van der Waals surface area contributed by atoms with Gasteiger partial charge in [0, 0.05) is 6.42 Å². The van der Waals surface area contributed by atoms with E-state index in [4.69, 9.17) is 33.5 Å². The van der Waals surface area contributed by atoms with E-state index in [1.165, 1.54) is 83.5 Å². The Morgan fingerprint density at radius 3 is 1.18 bits per heavy atom. The Morgan fingerprint density at radius 1 is 0.462 bits per heavy atom. The first-order valence-electron chi connectivity index (χ1n) is 15.4. The highest BCUT2D eigenvalue weighted by molar-refractivity contribution is 5.69. The third-order valence-electron chi connectivity index (χ3n) is 6.19. The molecule has 0 radical (unpaired) electrons. The predicted octanol–water partition coefficient (Wildman–Crippen LogP) is 5.96. The van der Waals surface area contributed by atoms with Crippen LogP contribution in [0.4, 0.5) is 0 Å². The van der Waals surface area contributed by atoms with Gasteiger partial charge in [-0.25, -0.2) is 4.79 Å². The van der Waals surface area contributed by atoms with Crippen molar-refractivity contribution in [1.29, 1.82) is 0 Å². The lowest BCUT2D eigenvalue weighted by atomic mass is 10.0. The molecular weight excluding hydrogens is 504 g/mol. The summed E-state index contributed by atoms with van der Waals surface area (Å²) in [5.41, 5.74) is 0. The maximum absolute atomic E-state index is 11.8. The summed E-state index contributed by atoms with van der Waals surface area (Å²) in [6.45, 7) is 5.84. The molecule has 0 aromatic heterocycles. The van der Waals surface area contributed by atoms with Crippen molar-refractivity contribution in [3.63, 3.8) is 0 Å². The summed E-state index contributed by atoms with van der Waals surface area (Å²) in [7, 11) is 0. The van der Waals surface area contributed by atoms with Crippen LogP contribution in [0.15, 0.2) is 0 Å². The minimum Gasteiger partial charge on any atom is -0.480 e. The number of rotatable bonds is 33. The van der Waals surface area contributed by atoms with Crippen LogP contribution in [0.5, 0.6) is 0 Å². The summed E-state index contributed by atoms with van der Waals surface area (Å²) < 4.78 is 31.5. The standard InChI is InChI=1S/C30H58O9/c1-2-3-4-5-6-7-8-9-10-11-12-13-14-15-16-17-30(33)39-27-26-37-23-22-35-19-18-34-20-21-36-24-25-38-28-29(31)32/h2-28H2,1H3,(H,31,32). The van der Waals surface area contributed by atoms with Crippen molar-refractivity contribution in [3.8, 4) is 0 Å². The van der Waals surface area contributed by atoms with Gasteiger partial charge in [-0.15, -0.1) is 0 Å². The van der Waals surface area contributed by atoms with Crippen molar-refractivity contribution < 1.29 is 43.1 Å². The van der Waals surface area contributed by atoms with Crippen molar-refractivity contribution in [1.82, 2.24) is 0 Å². The zero-order valence-corrected chi connectivity index (χ0v) is 24.8.